The SMILES string of the molecule is COC(=O)[C@H]1[C@@H](C)CCCN1CC(C)(C)C. The van der Waals surface area contributed by atoms with Gasteiger partial charge in [0.15, 0.2) is 0 Å². The Labute approximate surface area is 99.1 Å². The van der Waals surface area contributed by atoms with Crippen molar-refractivity contribution >= 4 is 5.97 Å². The van der Waals surface area contributed by atoms with Gasteiger partial charge in [-0.15, -0.1) is 0 Å². The highest BCUT2D eigenvalue weighted by Gasteiger charge is 2.36. The molecule has 0 aromatic carbocycles. The van der Waals surface area contributed by atoms with Crippen molar-refractivity contribution in [3.63, 3.8) is 0 Å². The Balaban J connectivity index is 2.74. The molecule has 0 unspecified atom stereocenters. The Morgan fingerprint density at radius 3 is 2.56 bits per heavy atom. The lowest BCUT2D eigenvalue weighted by atomic mass is 9.87. The maximum atomic E-state index is 11.8. The Kier molecular flexibility index (Phi) is 4.36. The zero-order valence-electron chi connectivity index (χ0n) is 11.2. The molecule has 0 spiro atoms. The van der Waals surface area contributed by atoms with Crippen molar-refractivity contribution in [2.24, 2.45) is 11.3 Å². The lowest BCUT2D eigenvalue weighted by Gasteiger charge is -2.41. The summed E-state index contributed by atoms with van der Waals surface area (Å²) in [6, 6.07) is -0.0435. The summed E-state index contributed by atoms with van der Waals surface area (Å²) in [5.74, 6) is 0.333. The summed E-state index contributed by atoms with van der Waals surface area (Å²) in [6.45, 7) is 10.7. The van der Waals surface area contributed by atoms with E-state index in [9.17, 15) is 4.79 Å². The van der Waals surface area contributed by atoms with E-state index in [0.717, 1.165) is 19.5 Å². The molecule has 94 valence electrons. The minimum atomic E-state index is -0.0727. The molecule has 0 aromatic heterocycles. The van der Waals surface area contributed by atoms with Gasteiger partial charge in [0.05, 0.1) is 7.11 Å². The molecule has 3 heteroatoms. The van der Waals surface area contributed by atoms with Gasteiger partial charge in [-0.05, 0) is 30.7 Å². The van der Waals surface area contributed by atoms with E-state index in [1.807, 2.05) is 0 Å². The minimum Gasteiger partial charge on any atom is -0.468 e. The second-order valence-electron chi connectivity index (χ2n) is 6.12. The van der Waals surface area contributed by atoms with Crippen LogP contribution in [0.2, 0.25) is 0 Å². The summed E-state index contributed by atoms with van der Waals surface area (Å²) in [5.41, 5.74) is 0.226. The Morgan fingerprint density at radius 1 is 1.44 bits per heavy atom. The van der Waals surface area contributed by atoms with Crippen LogP contribution in [-0.4, -0.2) is 37.1 Å². The van der Waals surface area contributed by atoms with Crippen LogP contribution in [0.5, 0.6) is 0 Å². The van der Waals surface area contributed by atoms with Crippen LogP contribution in [-0.2, 0) is 9.53 Å². The Bertz CT molecular complexity index is 245. The molecule has 0 amide bonds. The predicted molar refractivity (Wildman–Crippen MR) is 65.2 cm³/mol. The number of ether oxygens (including phenoxy) is 1. The first-order chi connectivity index (χ1) is 7.35. The van der Waals surface area contributed by atoms with Crippen molar-refractivity contribution in [1.29, 1.82) is 0 Å². The third-order valence-corrected chi connectivity index (χ3v) is 3.16. The quantitative estimate of drug-likeness (QED) is 0.678. The lowest BCUT2D eigenvalue weighted by molar-refractivity contribution is -0.151. The van der Waals surface area contributed by atoms with Crippen LogP contribution < -0.4 is 0 Å². The predicted octanol–water partition coefficient (Wildman–Crippen LogP) is 2.31. The van der Waals surface area contributed by atoms with E-state index < -0.39 is 0 Å². The number of methoxy groups -OCH3 is 1. The topological polar surface area (TPSA) is 29.5 Å². The molecule has 0 aromatic rings. The summed E-state index contributed by atoms with van der Waals surface area (Å²) in [6.07, 6.45) is 2.31. The van der Waals surface area contributed by atoms with Crippen LogP contribution in [0.25, 0.3) is 0 Å². The smallest absolute Gasteiger partial charge is 0.323 e. The second-order valence-corrected chi connectivity index (χ2v) is 6.12. The lowest BCUT2D eigenvalue weighted by Crippen LogP contribution is -2.52. The molecule has 16 heavy (non-hydrogen) atoms. The van der Waals surface area contributed by atoms with Crippen molar-refractivity contribution in [3.8, 4) is 0 Å². The first-order valence-corrected chi connectivity index (χ1v) is 6.17. The first-order valence-electron chi connectivity index (χ1n) is 6.17. The van der Waals surface area contributed by atoms with E-state index in [1.54, 1.807) is 0 Å². The molecule has 1 rings (SSSR count). The fourth-order valence-electron chi connectivity index (χ4n) is 2.56. The summed E-state index contributed by atoms with van der Waals surface area (Å²) < 4.78 is 4.92. The molecular formula is C13H25NO2. The monoisotopic (exact) mass is 227 g/mol. The van der Waals surface area contributed by atoms with Crippen LogP contribution in [0.1, 0.15) is 40.5 Å². The molecule has 1 fully saturated rings. The molecule has 0 saturated carbocycles. The van der Waals surface area contributed by atoms with E-state index in [-0.39, 0.29) is 17.4 Å². The second kappa shape index (κ2) is 5.17. The van der Waals surface area contributed by atoms with Gasteiger partial charge in [-0.1, -0.05) is 27.7 Å². The van der Waals surface area contributed by atoms with Gasteiger partial charge in [-0.2, -0.15) is 0 Å². The fraction of sp³-hybridized carbons (Fsp3) is 0.923. The van der Waals surface area contributed by atoms with Gasteiger partial charge in [0.1, 0.15) is 6.04 Å². The molecule has 0 aliphatic carbocycles. The fourth-order valence-corrected chi connectivity index (χ4v) is 2.56. The molecule has 0 N–H and O–H groups in total. The number of piperidine rings is 1. The van der Waals surface area contributed by atoms with E-state index in [4.69, 9.17) is 4.74 Å². The molecule has 1 aliphatic heterocycles. The highest BCUT2D eigenvalue weighted by Crippen LogP contribution is 2.27. The average Bonchev–Trinajstić information content (AvgIpc) is 2.14. The van der Waals surface area contributed by atoms with Crippen molar-refractivity contribution in [2.45, 2.75) is 46.6 Å². The maximum absolute atomic E-state index is 11.8. The van der Waals surface area contributed by atoms with Gasteiger partial charge in [0.2, 0.25) is 0 Å². The van der Waals surface area contributed by atoms with Gasteiger partial charge in [0, 0.05) is 6.54 Å². The molecule has 1 saturated heterocycles. The van der Waals surface area contributed by atoms with Crippen LogP contribution >= 0.6 is 0 Å². The van der Waals surface area contributed by atoms with Gasteiger partial charge in [0.25, 0.3) is 0 Å². The number of hydrogen-bond donors (Lipinski definition) is 0. The summed E-state index contributed by atoms with van der Waals surface area (Å²) in [4.78, 5) is 14.1. The highest BCUT2D eigenvalue weighted by molar-refractivity contribution is 5.76. The van der Waals surface area contributed by atoms with Gasteiger partial charge >= 0.3 is 5.97 Å². The summed E-state index contributed by atoms with van der Waals surface area (Å²) in [7, 11) is 1.49. The van der Waals surface area contributed by atoms with Crippen molar-refractivity contribution in [3.05, 3.63) is 0 Å². The van der Waals surface area contributed by atoms with E-state index in [2.05, 4.69) is 32.6 Å². The van der Waals surface area contributed by atoms with Crippen LogP contribution in [0, 0.1) is 11.3 Å². The average molecular weight is 227 g/mol. The number of carbonyl (C=O) groups is 1. The van der Waals surface area contributed by atoms with Crippen LogP contribution in [0.3, 0.4) is 0 Å². The Hall–Kier alpha value is -0.570. The summed E-state index contributed by atoms with van der Waals surface area (Å²) >= 11 is 0. The zero-order chi connectivity index (χ0) is 12.3. The van der Waals surface area contributed by atoms with Gasteiger partial charge < -0.3 is 4.74 Å². The van der Waals surface area contributed by atoms with Crippen molar-refractivity contribution in [1.82, 2.24) is 4.90 Å². The number of rotatable bonds is 2. The van der Waals surface area contributed by atoms with Gasteiger partial charge in [-0.25, -0.2) is 0 Å². The molecule has 1 aliphatic rings. The van der Waals surface area contributed by atoms with E-state index in [1.165, 1.54) is 13.5 Å². The van der Waals surface area contributed by atoms with Crippen LogP contribution in [0.15, 0.2) is 0 Å². The Morgan fingerprint density at radius 2 is 2.06 bits per heavy atom. The molecular weight excluding hydrogens is 202 g/mol. The number of likely N-dealkylation sites (tertiary alicyclic amines) is 1. The van der Waals surface area contributed by atoms with Crippen molar-refractivity contribution in [2.75, 3.05) is 20.2 Å². The number of nitrogens with zero attached hydrogens (tertiary/aromatic N) is 1. The number of carbonyl (C=O) groups excluding carboxylic acids is 1. The third-order valence-electron chi connectivity index (χ3n) is 3.16. The standard InChI is InChI=1S/C13H25NO2/c1-10-7-6-8-14(9-13(2,3)4)11(10)12(15)16-5/h10-11H,6-9H2,1-5H3/t10-,11+/m0/s1. The maximum Gasteiger partial charge on any atom is 0.323 e. The number of hydrogen-bond acceptors (Lipinski definition) is 3. The van der Waals surface area contributed by atoms with Crippen LogP contribution in [0.4, 0.5) is 0 Å². The molecule has 1 heterocycles. The summed E-state index contributed by atoms with van der Waals surface area (Å²) in [5, 5.41) is 0. The highest BCUT2D eigenvalue weighted by atomic mass is 16.5. The van der Waals surface area contributed by atoms with Crippen molar-refractivity contribution < 1.29 is 9.53 Å². The third kappa shape index (κ3) is 3.48. The first kappa shape index (κ1) is 13.5. The molecule has 2 atom stereocenters. The van der Waals surface area contributed by atoms with E-state index >= 15 is 0 Å². The van der Waals surface area contributed by atoms with E-state index in [0.29, 0.717) is 5.92 Å². The number of esters is 1. The van der Waals surface area contributed by atoms with Gasteiger partial charge in [-0.3, -0.25) is 9.69 Å². The minimum absolute atomic E-state index is 0.0435. The zero-order valence-corrected chi connectivity index (χ0v) is 11.2. The molecule has 3 nitrogen and oxygen atoms in total. The normalized spacial score (nSPS) is 27.8. The molecule has 0 bridgehead atoms. The molecule has 0 radical (unpaired) electrons. The largest absolute Gasteiger partial charge is 0.468 e.